The lowest BCUT2D eigenvalue weighted by Crippen LogP contribution is -2.15. The van der Waals surface area contributed by atoms with Crippen molar-refractivity contribution < 1.29 is 19.1 Å². The molecule has 2 N–H and O–H groups in total. The molecule has 0 fully saturated rings. The van der Waals surface area contributed by atoms with Gasteiger partial charge in [0.15, 0.2) is 0 Å². The van der Waals surface area contributed by atoms with Crippen LogP contribution in [0.2, 0.25) is 0 Å². The van der Waals surface area contributed by atoms with Crippen molar-refractivity contribution >= 4 is 17.6 Å². The number of carboxylic acids is 1. The summed E-state index contributed by atoms with van der Waals surface area (Å²) in [6.07, 6.45) is 1.52. The molecule has 6 nitrogen and oxygen atoms in total. The number of carbonyl (C=O) groups is 2. The number of aromatic carboxylic acids is 1. The van der Waals surface area contributed by atoms with Crippen molar-refractivity contribution in [3.8, 4) is 0 Å². The smallest absolute Gasteiger partial charge is 0.337 e. The van der Waals surface area contributed by atoms with Gasteiger partial charge in [-0.15, -0.1) is 0 Å². The first-order chi connectivity index (χ1) is 9.38. The largest absolute Gasteiger partial charge is 0.478 e. The van der Waals surface area contributed by atoms with E-state index in [4.69, 9.17) is 5.11 Å². The van der Waals surface area contributed by atoms with Crippen LogP contribution in [0.25, 0.3) is 0 Å². The molecule has 0 spiro atoms. The molecule has 1 aromatic heterocycles. The van der Waals surface area contributed by atoms with E-state index in [0.29, 0.717) is 11.3 Å². The van der Waals surface area contributed by atoms with Gasteiger partial charge in [-0.25, -0.2) is 9.18 Å². The second-order valence-electron chi connectivity index (χ2n) is 4.25. The van der Waals surface area contributed by atoms with Gasteiger partial charge >= 0.3 is 5.97 Å². The molecule has 1 amide bonds. The van der Waals surface area contributed by atoms with Crippen molar-refractivity contribution in [1.82, 2.24) is 9.78 Å². The number of hydrogen-bond acceptors (Lipinski definition) is 3. The first-order valence-electron chi connectivity index (χ1n) is 5.73. The van der Waals surface area contributed by atoms with Crippen molar-refractivity contribution in [3.63, 3.8) is 0 Å². The van der Waals surface area contributed by atoms with Crippen molar-refractivity contribution in [1.29, 1.82) is 0 Å². The summed E-state index contributed by atoms with van der Waals surface area (Å²) in [6.45, 7) is 1.66. The third-order valence-electron chi connectivity index (χ3n) is 2.72. The maximum Gasteiger partial charge on any atom is 0.337 e. The van der Waals surface area contributed by atoms with Gasteiger partial charge in [0.05, 0.1) is 22.5 Å². The zero-order valence-corrected chi connectivity index (χ0v) is 10.8. The van der Waals surface area contributed by atoms with Crippen molar-refractivity contribution in [2.24, 2.45) is 7.05 Å². The number of carbonyl (C=O) groups excluding carboxylic acids is 1. The predicted octanol–water partition coefficient (Wildman–Crippen LogP) is 1.82. The van der Waals surface area contributed by atoms with Crippen LogP contribution in [0.3, 0.4) is 0 Å². The van der Waals surface area contributed by atoms with E-state index in [1.807, 2.05) is 0 Å². The van der Waals surface area contributed by atoms with Gasteiger partial charge in [-0.3, -0.25) is 9.48 Å². The SMILES string of the molecule is Cc1nn(C)cc1C(=O)Nc1ccc(F)cc1C(=O)O. The zero-order chi connectivity index (χ0) is 14.9. The molecule has 7 heteroatoms. The van der Waals surface area contributed by atoms with Crippen LogP contribution in [-0.2, 0) is 7.05 Å². The summed E-state index contributed by atoms with van der Waals surface area (Å²) in [5.41, 5.74) is 0.573. The third-order valence-corrected chi connectivity index (χ3v) is 2.72. The summed E-state index contributed by atoms with van der Waals surface area (Å²) in [4.78, 5) is 23.1. The average molecular weight is 277 g/mol. The van der Waals surface area contributed by atoms with Crippen LogP contribution in [0, 0.1) is 12.7 Å². The Bertz CT molecular complexity index is 694. The topological polar surface area (TPSA) is 84.2 Å². The minimum Gasteiger partial charge on any atom is -0.478 e. The highest BCUT2D eigenvalue weighted by Crippen LogP contribution is 2.18. The maximum absolute atomic E-state index is 13.0. The number of aromatic nitrogens is 2. The fraction of sp³-hybridized carbons (Fsp3) is 0.154. The van der Waals surface area contributed by atoms with Crippen LogP contribution >= 0.6 is 0 Å². The summed E-state index contributed by atoms with van der Waals surface area (Å²) in [5.74, 6) is -2.50. The molecule has 1 heterocycles. The minimum absolute atomic E-state index is 0.0344. The number of hydrogen-bond donors (Lipinski definition) is 2. The molecule has 104 valence electrons. The molecule has 0 radical (unpaired) electrons. The molecule has 0 bridgehead atoms. The fourth-order valence-corrected chi connectivity index (χ4v) is 1.81. The number of anilines is 1. The van der Waals surface area contributed by atoms with E-state index in [-0.39, 0.29) is 11.3 Å². The molecule has 0 unspecified atom stereocenters. The van der Waals surface area contributed by atoms with E-state index in [1.54, 1.807) is 14.0 Å². The van der Waals surface area contributed by atoms with E-state index in [2.05, 4.69) is 10.4 Å². The van der Waals surface area contributed by atoms with Crippen molar-refractivity contribution in [3.05, 3.63) is 47.0 Å². The first kappa shape index (κ1) is 13.7. The van der Waals surface area contributed by atoms with E-state index >= 15 is 0 Å². The van der Waals surface area contributed by atoms with Gasteiger partial charge in [-0.1, -0.05) is 0 Å². The van der Waals surface area contributed by atoms with Gasteiger partial charge < -0.3 is 10.4 Å². The molecule has 0 saturated heterocycles. The average Bonchev–Trinajstić information content (AvgIpc) is 2.70. The second-order valence-corrected chi connectivity index (χ2v) is 4.25. The monoisotopic (exact) mass is 277 g/mol. The lowest BCUT2D eigenvalue weighted by Gasteiger charge is -2.08. The van der Waals surface area contributed by atoms with Crippen LogP contribution in [0.4, 0.5) is 10.1 Å². The van der Waals surface area contributed by atoms with Crippen LogP contribution < -0.4 is 5.32 Å². The standard InChI is InChI=1S/C13H12FN3O3/c1-7-10(6-17(2)16-7)12(18)15-11-4-3-8(14)5-9(11)13(19)20/h3-6H,1-2H3,(H,15,18)(H,19,20). The van der Waals surface area contributed by atoms with Crippen LogP contribution in [0.15, 0.2) is 24.4 Å². The van der Waals surface area contributed by atoms with E-state index < -0.39 is 17.7 Å². The number of aryl methyl sites for hydroxylation is 2. The van der Waals surface area contributed by atoms with Crippen LogP contribution in [0.5, 0.6) is 0 Å². The Labute approximate surface area is 113 Å². The lowest BCUT2D eigenvalue weighted by molar-refractivity contribution is 0.0697. The highest BCUT2D eigenvalue weighted by Gasteiger charge is 2.17. The molecule has 20 heavy (non-hydrogen) atoms. The summed E-state index contributed by atoms with van der Waals surface area (Å²) in [6, 6.07) is 3.15. The van der Waals surface area contributed by atoms with Gasteiger partial charge in [0.1, 0.15) is 5.82 Å². The van der Waals surface area contributed by atoms with Crippen molar-refractivity contribution in [2.75, 3.05) is 5.32 Å². The zero-order valence-electron chi connectivity index (χ0n) is 10.8. The Morgan fingerprint density at radius 1 is 1.35 bits per heavy atom. The van der Waals surface area contributed by atoms with Gasteiger partial charge in [-0.05, 0) is 25.1 Å². The Balaban J connectivity index is 2.33. The summed E-state index contributed by atoms with van der Waals surface area (Å²) in [7, 11) is 1.67. The number of rotatable bonds is 3. The van der Waals surface area contributed by atoms with Crippen LogP contribution in [0.1, 0.15) is 26.4 Å². The number of benzene rings is 1. The van der Waals surface area contributed by atoms with Crippen molar-refractivity contribution in [2.45, 2.75) is 6.92 Å². The fourth-order valence-electron chi connectivity index (χ4n) is 1.81. The van der Waals surface area contributed by atoms with E-state index in [1.165, 1.54) is 16.9 Å². The predicted molar refractivity (Wildman–Crippen MR) is 69.3 cm³/mol. The molecule has 0 aliphatic rings. The molecule has 0 aliphatic carbocycles. The highest BCUT2D eigenvalue weighted by molar-refractivity contribution is 6.08. The normalized spacial score (nSPS) is 10.3. The third kappa shape index (κ3) is 2.66. The number of amides is 1. The first-order valence-corrected chi connectivity index (χ1v) is 5.73. The number of nitrogens with one attached hydrogen (secondary N) is 1. The van der Waals surface area contributed by atoms with Gasteiger partial charge in [-0.2, -0.15) is 5.10 Å². The second kappa shape index (κ2) is 5.12. The maximum atomic E-state index is 13.0. The Kier molecular flexibility index (Phi) is 3.51. The number of carboxylic acid groups (broad SMARTS) is 1. The number of nitrogens with zero attached hydrogens (tertiary/aromatic N) is 2. The van der Waals surface area contributed by atoms with Crippen LogP contribution in [-0.4, -0.2) is 26.8 Å². The number of halogens is 1. The van der Waals surface area contributed by atoms with Gasteiger partial charge in [0.25, 0.3) is 5.91 Å². The summed E-state index contributed by atoms with van der Waals surface area (Å²) < 4.78 is 14.5. The molecular formula is C13H12FN3O3. The van der Waals surface area contributed by atoms with Gasteiger partial charge in [0, 0.05) is 13.2 Å². The Hall–Kier alpha value is -2.70. The summed E-state index contributed by atoms with van der Waals surface area (Å²) in [5, 5.41) is 15.5. The van der Waals surface area contributed by atoms with E-state index in [0.717, 1.165) is 12.1 Å². The molecular weight excluding hydrogens is 265 g/mol. The molecule has 0 saturated carbocycles. The Morgan fingerprint density at radius 3 is 2.60 bits per heavy atom. The van der Waals surface area contributed by atoms with Gasteiger partial charge in [0.2, 0.25) is 0 Å². The lowest BCUT2D eigenvalue weighted by atomic mass is 10.1. The Morgan fingerprint density at radius 2 is 2.05 bits per heavy atom. The highest BCUT2D eigenvalue weighted by atomic mass is 19.1. The molecule has 0 aliphatic heterocycles. The molecule has 0 atom stereocenters. The van der Waals surface area contributed by atoms with E-state index in [9.17, 15) is 14.0 Å². The molecule has 2 aromatic rings. The molecule has 1 aromatic carbocycles. The molecule has 2 rings (SSSR count). The quantitative estimate of drug-likeness (QED) is 0.896. The minimum atomic E-state index is -1.32. The summed E-state index contributed by atoms with van der Waals surface area (Å²) >= 11 is 0.